The summed E-state index contributed by atoms with van der Waals surface area (Å²) in [5.74, 6) is -0.136. The van der Waals surface area contributed by atoms with E-state index in [-0.39, 0.29) is 16.5 Å². The summed E-state index contributed by atoms with van der Waals surface area (Å²) in [5, 5.41) is 11.2. The van der Waals surface area contributed by atoms with Crippen molar-refractivity contribution in [1.29, 1.82) is 0 Å². The van der Waals surface area contributed by atoms with Crippen LogP contribution in [0.25, 0.3) is 0 Å². The maximum absolute atomic E-state index is 12.6. The monoisotopic (exact) mass is 311 g/mol. The quantitative estimate of drug-likeness (QED) is 0.773. The van der Waals surface area contributed by atoms with E-state index in [4.69, 9.17) is 5.14 Å². The van der Waals surface area contributed by atoms with Crippen molar-refractivity contribution in [3.63, 3.8) is 0 Å². The molecule has 116 valence electrons. The Morgan fingerprint density at radius 1 is 1.33 bits per heavy atom. The SMILES string of the molecule is CCC1(C(=O)Nc2ccccc2S(N)(=O)=O)CCNCC1. The summed E-state index contributed by atoms with van der Waals surface area (Å²) >= 11 is 0. The van der Waals surface area contributed by atoms with Crippen LogP contribution in [0.15, 0.2) is 29.2 Å². The second-order valence-electron chi connectivity index (χ2n) is 5.38. The third kappa shape index (κ3) is 3.42. The lowest BCUT2D eigenvalue weighted by Crippen LogP contribution is -2.44. The normalized spacial score (nSPS) is 18.2. The summed E-state index contributed by atoms with van der Waals surface area (Å²) in [6, 6.07) is 6.20. The van der Waals surface area contributed by atoms with Crippen LogP contribution in [0.5, 0.6) is 0 Å². The number of anilines is 1. The highest BCUT2D eigenvalue weighted by atomic mass is 32.2. The van der Waals surface area contributed by atoms with Gasteiger partial charge in [0.2, 0.25) is 15.9 Å². The van der Waals surface area contributed by atoms with Gasteiger partial charge in [-0.15, -0.1) is 0 Å². The maximum Gasteiger partial charge on any atom is 0.240 e. The molecule has 1 heterocycles. The number of primary sulfonamides is 1. The lowest BCUT2D eigenvalue weighted by atomic mass is 9.76. The zero-order valence-corrected chi connectivity index (χ0v) is 12.9. The van der Waals surface area contributed by atoms with Gasteiger partial charge in [0.15, 0.2) is 0 Å². The van der Waals surface area contributed by atoms with E-state index in [0.29, 0.717) is 0 Å². The van der Waals surface area contributed by atoms with E-state index in [1.54, 1.807) is 18.2 Å². The number of hydrogen-bond donors (Lipinski definition) is 3. The second-order valence-corrected chi connectivity index (χ2v) is 6.91. The van der Waals surface area contributed by atoms with Crippen LogP contribution >= 0.6 is 0 Å². The van der Waals surface area contributed by atoms with Crippen molar-refractivity contribution in [2.24, 2.45) is 10.6 Å². The predicted octanol–water partition coefficient (Wildman–Crippen LogP) is 1.05. The van der Waals surface area contributed by atoms with Gasteiger partial charge in [0.05, 0.1) is 11.1 Å². The second kappa shape index (κ2) is 6.13. The van der Waals surface area contributed by atoms with Gasteiger partial charge in [-0.1, -0.05) is 19.1 Å². The van der Waals surface area contributed by atoms with Crippen molar-refractivity contribution < 1.29 is 13.2 Å². The fourth-order valence-electron chi connectivity index (χ4n) is 2.72. The van der Waals surface area contributed by atoms with Gasteiger partial charge in [0.25, 0.3) is 0 Å². The number of carbonyl (C=O) groups is 1. The van der Waals surface area contributed by atoms with E-state index < -0.39 is 15.4 Å². The Hall–Kier alpha value is -1.44. The molecule has 1 aliphatic heterocycles. The molecule has 4 N–H and O–H groups in total. The molecular formula is C14H21N3O3S. The molecule has 2 rings (SSSR count). The van der Waals surface area contributed by atoms with E-state index in [1.807, 2.05) is 6.92 Å². The molecule has 1 aromatic carbocycles. The van der Waals surface area contributed by atoms with E-state index >= 15 is 0 Å². The summed E-state index contributed by atoms with van der Waals surface area (Å²) in [4.78, 5) is 12.6. The van der Waals surface area contributed by atoms with Gasteiger partial charge in [0.1, 0.15) is 4.90 Å². The van der Waals surface area contributed by atoms with Gasteiger partial charge >= 0.3 is 0 Å². The molecule has 21 heavy (non-hydrogen) atoms. The average molecular weight is 311 g/mol. The number of rotatable bonds is 4. The molecule has 7 heteroatoms. The minimum Gasteiger partial charge on any atom is -0.324 e. The molecule has 0 bridgehead atoms. The number of nitrogens with two attached hydrogens (primary N) is 1. The van der Waals surface area contributed by atoms with Crippen LogP contribution in [0.2, 0.25) is 0 Å². The van der Waals surface area contributed by atoms with Crippen LogP contribution in [0, 0.1) is 5.41 Å². The molecule has 1 saturated heterocycles. The molecule has 0 unspecified atom stereocenters. The fraction of sp³-hybridized carbons (Fsp3) is 0.500. The zero-order chi connectivity index (χ0) is 15.5. The Labute approximate surface area is 125 Å². The predicted molar refractivity (Wildman–Crippen MR) is 81.3 cm³/mol. The summed E-state index contributed by atoms with van der Waals surface area (Å²) in [7, 11) is -3.86. The van der Waals surface area contributed by atoms with E-state index in [9.17, 15) is 13.2 Å². The molecule has 1 fully saturated rings. The van der Waals surface area contributed by atoms with Crippen LogP contribution in [0.3, 0.4) is 0 Å². The Morgan fingerprint density at radius 2 is 1.95 bits per heavy atom. The van der Waals surface area contributed by atoms with Crippen LogP contribution in [-0.4, -0.2) is 27.4 Å². The molecule has 0 saturated carbocycles. The average Bonchev–Trinajstić information content (AvgIpc) is 2.47. The van der Waals surface area contributed by atoms with Crippen molar-refractivity contribution >= 4 is 21.6 Å². The van der Waals surface area contributed by atoms with Gasteiger partial charge in [-0.3, -0.25) is 4.79 Å². The molecular weight excluding hydrogens is 290 g/mol. The summed E-state index contributed by atoms with van der Waals surface area (Å²) < 4.78 is 23.2. The Morgan fingerprint density at radius 3 is 2.52 bits per heavy atom. The van der Waals surface area contributed by atoms with E-state index in [1.165, 1.54) is 6.07 Å². The van der Waals surface area contributed by atoms with Gasteiger partial charge in [-0.05, 0) is 44.5 Å². The minimum atomic E-state index is -3.86. The molecule has 6 nitrogen and oxygen atoms in total. The van der Waals surface area contributed by atoms with Gasteiger partial charge in [0, 0.05) is 0 Å². The van der Waals surface area contributed by atoms with Crippen molar-refractivity contribution in [1.82, 2.24) is 5.32 Å². The molecule has 1 aliphatic rings. The number of hydrogen-bond acceptors (Lipinski definition) is 4. The number of sulfonamides is 1. The molecule has 0 atom stereocenters. The molecule has 0 aromatic heterocycles. The van der Waals surface area contributed by atoms with Crippen molar-refractivity contribution in [3.8, 4) is 0 Å². The summed E-state index contributed by atoms with van der Waals surface area (Å²) in [6.45, 7) is 3.56. The first kappa shape index (κ1) is 15.9. The van der Waals surface area contributed by atoms with Crippen molar-refractivity contribution in [2.75, 3.05) is 18.4 Å². The molecule has 0 radical (unpaired) electrons. The number of carbonyl (C=O) groups excluding carboxylic acids is 1. The Bertz CT molecular complexity index is 622. The highest BCUT2D eigenvalue weighted by Gasteiger charge is 2.38. The topological polar surface area (TPSA) is 101 Å². The number of piperidine rings is 1. The van der Waals surface area contributed by atoms with Crippen molar-refractivity contribution in [2.45, 2.75) is 31.1 Å². The fourth-order valence-corrected chi connectivity index (χ4v) is 3.41. The molecule has 0 spiro atoms. The Balaban J connectivity index is 2.28. The minimum absolute atomic E-state index is 0.0569. The first-order chi connectivity index (χ1) is 9.89. The van der Waals surface area contributed by atoms with Gasteiger partial charge in [-0.2, -0.15) is 0 Å². The standard InChI is InChI=1S/C14H21N3O3S/c1-2-14(7-9-16-10-8-14)13(18)17-11-5-3-4-6-12(11)21(15,19)20/h3-6,16H,2,7-10H2,1H3,(H,17,18)(H2,15,19,20). The summed E-state index contributed by atoms with van der Waals surface area (Å²) in [6.07, 6.45) is 2.21. The summed E-state index contributed by atoms with van der Waals surface area (Å²) in [5.41, 5.74) is -0.201. The van der Waals surface area contributed by atoms with Gasteiger partial charge in [-0.25, -0.2) is 13.6 Å². The van der Waals surface area contributed by atoms with Crippen LogP contribution in [0.4, 0.5) is 5.69 Å². The molecule has 1 aromatic rings. The number of amides is 1. The van der Waals surface area contributed by atoms with E-state index in [2.05, 4.69) is 10.6 Å². The third-order valence-corrected chi connectivity index (χ3v) is 5.13. The van der Waals surface area contributed by atoms with Crippen LogP contribution in [0.1, 0.15) is 26.2 Å². The third-order valence-electron chi connectivity index (χ3n) is 4.16. The van der Waals surface area contributed by atoms with Gasteiger partial charge < -0.3 is 10.6 Å². The first-order valence-electron chi connectivity index (χ1n) is 7.03. The molecule has 0 aliphatic carbocycles. The highest BCUT2D eigenvalue weighted by molar-refractivity contribution is 7.89. The lowest BCUT2D eigenvalue weighted by molar-refractivity contribution is -0.127. The smallest absolute Gasteiger partial charge is 0.240 e. The first-order valence-corrected chi connectivity index (χ1v) is 8.58. The zero-order valence-electron chi connectivity index (χ0n) is 12.1. The Kier molecular flexibility index (Phi) is 4.65. The van der Waals surface area contributed by atoms with Crippen LogP contribution < -0.4 is 15.8 Å². The van der Waals surface area contributed by atoms with Crippen LogP contribution in [-0.2, 0) is 14.8 Å². The number of para-hydroxylation sites is 1. The van der Waals surface area contributed by atoms with Crippen molar-refractivity contribution in [3.05, 3.63) is 24.3 Å². The molecule has 1 amide bonds. The van der Waals surface area contributed by atoms with E-state index in [0.717, 1.165) is 32.4 Å². The lowest BCUT2D eigenvalue weighted by Gasteiger charge is -2.35. The maximum atomic E-state index is 12.6. The highest BCUT2D eigenvalue weighted by Crippen LogP contribution is 2.34. The number of benzene rings is 1. The number of nitrogens with one attached hydrogen (secondary N) is 2. The largest absolute Gasteiger partial charge is 0.324 e.